The Morgan fingerprint density at radius 2 is 1.59 bits per heavy atom. The molecule has 1 aromatic heterocycles. The molecular weight excluding hydrogens is 556 g/mol. The van der Waals surface area contributed by atoms with Crippen LogP contribution in [0.15, 0.2) is 162 Å². The van der Waals surface area contributed by atoms with E-state index in [1.165, 1.54) is 33.5 Å². The van der Waals surface area contributed by atoms with Gasteiger partial charge in [0, 0.05) is 35.9 Å². The number of fused-ring (bicyclic) bond motifs is 1. The lowest BCUT2D eigenvalue weighted by Gasteiger charge is -2.12. The van der Waals surface area contributed by atoms with E-state index in [0.29, 0.717) is 0 Å². The van der Waals surface area contributed by atoms with Crippen molar-refractivity contribution in [2.45, 2.75) is 33.6 Å². The quantitative estimate of drug-likeness (QED) is 0.121. The fourth-order valence-corrected chi connectivity index (χ4v) is 5.51. The van der Waals surface area contributed by atoms with Crippen LogP contribution >= 0.6 is 0 Å². The normalized spacial score (nSPS) is 14.3. The summed E-state index contributed by atoms with van der Waals surface area (Å²) in [7, 11) is 0. The number of aromatic nitrogens is 1. The van der Waals surface area contributed by atoms with Crippen molar-refractivity contribution >= 4 is 35.6 Å². The van der Waals surface area contributed by atoms with Gasteiger partial charge in [0.15, 0.2) is 0 Å². The zero-order chi connectivity index (χ0) is 32.0. The summed E-state index contributed by atoms with van der Waals surface area (Å²) in [6.07, 6.45) is 31.5. The molecule has 0 radical (unpaired) electrons. The molecule has 2 nitrogen and oxygen atoms in total. The fraction of sp³-hybridized carbons (Fsp3) is 0.114. The molecule has 0 saturated heterocycles. The van der Waals surface area contributed by atoms with Gasteiger partial charge in [0.25, 0.3) is 0 Å². The molecule has 0 amide bonds. The second-order valence-electron chi connectivity index (χ2n) is 11.0. The van der Waals surface area contributed by atoms with Gasteiger partial charge in [-0.2, -0.15) is 0 Å². The first-order valence-electron chi connectivity index (χ1n) is 16.0. The van der Waals surface area contributed by atoms with Crippen molar-refractivity contribution in [2.75, 3.05) is 0 Å². The molecule has 2 heteroatoms. The molecule has 0 saturated carbocycles. The number of nitrogens with zero attached hydrogens (tertiary/aromatic N) is 2. The van der Waals surface area contributed by atoms with Gasteiger partial charge in [0.05, 0.1) is 0 Å². The number of allylic oxidation sites excluding steroid dienone is 12. The maximum absolute atomic E-state index is 4.36. The lowest BCUT2D eigenvalue weighted by atomic mass is 10.0. The lowest BCUT2D eigenvalue weighted by Crippen LogP contribution is -2.02. The Hall–Kier alpha value is -5.47. The highest BCUT2D eigenvalue weighted by molar-refractivity contribution is 5.90. The molecule has 1 aliphatic rings. The Morgan fingerprint density at radius 1 is 0.826 bits per heavy atom. The van der Waals surface area contributed by atoms with Gasteiger partial charge in [0.1, 0.15) is 0 Å². The molecule has 1 aliphatic carbocycles. The molecule has 0 bridgehead atoms. The van der Waals surface area contributed by atoms with Crippen LogP contribution in [0.2, 0.25) is 0 Å². The minimum absolute atomic E-state index is 0.824. The Balaban J connectivity index is 1.51. The molecule has 5 rings (SSSR count). The topological polar surface area (TPSA) is 17.3 Å². The number of benzene rings is 3. The van der Waals surface area contributed by atoms with E-state index in [-0.39, 0.29) is 0 Å². The molecule has 0 N–H and O–H groups in total. The van der Waals surface area contributed by atoms with Gasteiger partial charge in [0.2, 0.25) is 0 Å². The Bertz CT molecular complexity index is 1860. The number of hydrogen-bond acceptors (Lipinski definition) is 1. The second kappa shape index (κ2) is 16.6. The van der Waals surface area contributed by atoms with Gasteiger partial charge in [-0.25, -0.2) is 0 Å². The average Bonchev–Trinajstić information content (AvgIpc) is 3.30. The van der Waals surface area contributed by atoms with Gasteiger partial charge in [-0.1, -0.05) is 134 Å². The predicted octanol–water partition coefficient (Wildman–Crippen LogP) is 11.8. The molecule has 228 valence electrons. The van der Waals surface area contributed by atoms with Crippen molar-refractivity contribution in [2.24, 2.45) is 4.99 Å². The van der Waals surface area contributed by atoms with E-state index in [1.807, 2.05) is 38.4 Å². The molecule has 4 aromatic rings. The van der Waals surface area contributed by atoms with Crippen LogP contribution in [0.1, 0.15) is 60.8 Å². The molecule has 0 aliphatic heterocycles. The van der Waals surface area contributed by atoms with E-state index in [9.17, 15) is 0 Å². The molecule has 0 spiro atoms. The third-order valence-electron chi connectivity index (χ3n) is 7.87. The van der Waals surface area contributed by atoms with E-state index in [0.717, 1.165) is 35.4 Å². The Morgan fingerprint density at radius 3 is 2.30 bits per heavy atom. The molecule has 0 unspecified atom stereocenters. The molecular formula is C44H42N2. The van der Waals surface area contributed by atoms with Crippen LogP contribution in [-0.2, 0) is 6.42 Å². The summed E-state index contributed by atoms with van der Waals surface area (Å²) in [5, 5.41) is 0. The Kier molecular flexibility index (Phi) is 11.5. The van der Waals surface area contributed by atoms with Gasteiger partial charge < -0.3 is 4.57 Å². The minimum atomic E-state index is 0.824. The van der Waals surface area contributed by atoms with Crippen LogP contribution in [-0.4, -0.2) is 10.8 Å². The summed E-state index contributed by atoms with van der Waals surface area (Å²) in [6, 6.07) is 32.3. The van der Waals surface area contributed by atoms with Crippen LogP contribution in [0.4, 0.5) is 0 Å². The summed E-state index contributed by atoms with van der Waals surface area (Å²) < 4.78 is 2.40. The van der Waals surface area contributed by atoms with Crippen molar-refractivity contribution in [1.82, 2.24) is 4.57 Å². The fourth-order valence-electron chi connectivity index (χ4n) is 5.51. The summed E-state index contributed by atoms with van der Waals surface area (Å²) in [4.78, 5) is 4.36. The van der Waals surface area contributed by atoms with Crippen molar-refractivity contribution in [3.05, 3.63) is 191 Å². The number of hydrogen-bond donors (Lipinski definition) is 0. The predicted molar refractivity (Wildman–Crippen MR) is 202 cm³/mol. The highest BCUT2D eigenvalue weighted by Gasteiger charge is 2.16. The van der Waals surface area contributed by atoms with Crippen LogP contribution in [0.25, 0.3) is 35.1 Å². The van der Waals surface area contributed by atoms with Crippen molar-refractivity contribution in [3.8, 4) is 5.69 Å². The first kappa shape index (κ1) is 31.9. The molecule has 0 atom stereocenters. The number of aliphatic imine (C=N–C) groups is 1. The van der Waals surface area contributed by atoms with E-state index in [4.69, 9.17) is 0 Å². The highest BCUT2D eigenvalue weighted by atomic mass is 15.0. The van der Waals surface area contributed by atoms with Gasteiger partial charge in [-0.15, -0.1) is 0 Å². The van der Waals surface area contributed by atoms with Gasteiger partial charge in [-0.3, -0.25) is 4.99 Å². The van der Waals surface area contributed by atoms with Crippen molar-refractivity contribution in [3.63, 3.8) is 0 Å². The first-order chi connectivity index (χ1) is 22.7. The zero-order valence-corrected chi connectivity index (χ0v) is 27.1. The third kappa shape index (κ3) is 8.37. The van der Waals surface area contributed by atoms with E-state index < -0.39 is 0 Å². The van der Waals surface area contributed by atoms with Crippen LogP contribution in [0.3, 0.4) is 0 Å². The summed E-state index contributed by atoms with van der Waals surface area (Å²) >= 11 is 0. The van der Waals surface area contributed by atoms with Crippen molar-refractivity contribution in [1.29, 1.82) is 0 Å². The van der Waals surface area contributed by atoms with Gasteiger partial charge in [-0.05, 0) is 96.5 Å². The summed E-state index contributed by atoms with van der Waals surface area (Å²) in [6.45, 7) is 6.06. The Labute approximate surface area is 274 Å². The minimum Gasteiger partial charge on any atom is -0.313 e. The largest absolute Gasteiger partial charge is 0.313 e. The van der Waals surface area contributed by atoms with E-state index in [1.54, 1.807) is 0 Å². The SMILES string of the molecule is CC=N/C=C(\C=C\c1ccc(-n2c(/C=C\C(=C/C)c3ccccc3)cc3c2CC=CC(c2ccccc2)=C3)cc1)C/C=C\C=C/C. The van der Waals surface area contributed by atoms with Crippen LogP contribution in [0.5, 0.6) is 0 Å². The standard InChI is InChI=1S/C44H42N2/c1-4-7-8-11-17-36(34-45-6-3)25-24-35-26-29-42(30-27-35)46-43(31-28-37(5-2)38-18-12-9-13-19-38)33-41-32-40(22-16-23-44(41)46)39-20-14-10-15-21-39/h4-16,18-22,24-34H,17,23H2,1-3H3/b7-4-,11-8-,25-24+,31-28-,36-34-,37-5+,45-6?. The number of rotatable bonds is 11. The molecule has 0 fully saturated rings. The second-order valence-corrected chi connectivity index (χ2v) is 11.0. The van der Waals surface area contributed by atoms with Crippen LogP contribution < -0.4 is 0 Å². The van der Waals surface area contributed by atoms with Gasteiger partial charge >= 0.3 is 0 Å². The van der Waals surface area contributed by atoms with E-state index in [2.05, 4.69) is 168 Å². The third-order valence-corrected chi connectivity index (χ3v) is 7.87. The average molecular weight is 599 g/mol. The smallest absolute Gasteiger partial charge is 0.0465 e. The summed E-state index contributed by atoms with van der Waals surface area (Å²) in [5.41, 5.74) is 12.0. The lowest BCUT2D eigenvalue weighted by molar-refractivity contribution is 0.962. The molecule has 3 aromatic carbocycles. The van der Waals surface area contributed by atoms with Crippen LogP contribution in [0, 0.1) is 0 Å². The molecule has 46 heavy (non-hydrogen) atoms. The van der Waals surface area contributed by atoms with Crippen molar-refractivity contribution < 1.29 is 0 Å². The molecule has 1 heterocycles. The van der Waals surface area contributed by atoms with E-state index >= 15 is 0 Å². The summed E-state index contributed by atoms with van der Waals surface area (Å²) in [5.74, 6) is 0. The first-order valence-corrected chi connectivity index (χ1v) is 16.0. The zero-order valence-electron chi connectivity index (χ0n) is 27.1. The maximum atomic E-state index is 4.36. The monoisotopic (exact) mass is 598 g/mol. The maximum Gasteiger partial charge on any atom is 0.0465 e. The highest BCUT2D eigenvalue weighted by Crippen LogP contribution is 2.31.